The van der Waals surface area contributed by atoms with E-state index >= 15 is 0 Å². The number of pyridine rings is 1. The van der Waals surface area contributed by atoms with Crippen molar-refractivity contribution < 1.29 is 4.39 Å². The highest BCUT2D eigenvalue weighted by Crippen LogP contribution is 2.04. The largest absolute Gasteiger partial charge is 0.228 e. The van der Waals surface area contributed by atoms with Gasteiger partial charge in [0.2, 0.25) is 5.95 Å². The third-order valence-corrected chi connectivity index (χ3v) is 1.27. The Morgan fingerprint density at radius 3 is 2.70 bits per heavy atom. The molecule has 0 atom stereocenters. The summed E-state index contributed by atoms with van der Waals surface area (Å²) in [6.07, 6.45) is 1.39. The third kappa shape index (κ3) is 2.12. The average Bonchev–Trinajstić information content (AvgIpc) is 1.89. The van der Waals surface area contributed by atoms with Crippen molar-refractivity contribution in [2.24, 2.45) is 0 Å². The number of hydrogen-bond acceptors (Lipinski definition) is 1. The van der Waals surface area contributed by atoms with Crippen LogP contribution >= 0.6 is 24.0 Å². The number of halogens is 3. The maximum atomic E-state index is 12.4. The van der Waals surface area contributed by atoms with Gasteiger partial charge in [0.25, 0.3) is 0 Å². The highest BCUT2D eigenvalue weighted by Gasteiger charge is 1.96. The van der Waals surface area contributed by atoms with E-state index in [0.29, 0.717) is 5.56 Å². The first-order valence-corrected chi connectivity index (χ1v) is 3.03. The molecule has 0 aromatic carbocycles. The van der Waals surface area contributed by atoms with Crippen LogP contribution in [0.15, 0.2) is 18.3 Å². The average molecular weight is 182 g/mol. The molecule has 56 valence electrons. The fourth-order valence-corrected chi connectivity index (χ4v) is 0.718. The molecule has 1 aromatic heterocycles. The van der Waals surface area contributed by atoms with Gasteiger partial charge in [0.15, 0.2) is 0 Å². The van der Waals surface area contributed by atoms with E-state index < -0.39 is 5.95 Å². The number of rotatable bonds is 1. The Hall–Kier alpha value is -0.340. The van der Waals surface area contributed by atoms with Gasteiger partial charge in [-0.3, -0.25) is 0 Å². The minimum Gasteiger partial charge on any atom is -0.228 e. The molecular weight excluding hydrogens is 176 g/mol. The van der Waals surface area contributed by atoms with E-state index in [1.54, 1.807) is 12.1 Å². The molecule has 0 aliphatic carbocycles. The molecule has 0 radical (unpaired) electrons. The van der Waals surface area contributed by atoms with Crippen LogP contribution in [0.4, 0.5) is 4.39 Å². The van der Waals surface area contributed by atoms with E-state index in [9.17, 15) is 4.39 Å². The molecule has 1 rings (SSSR count). The van der Waals surface area contributed by atoms with E-state index in [2.05, 4.69) is 4.98 Å². The second kappa shape index (κ2) is 4.47. The Balaban J connectivity index is 0.000000810. The molecule has 0 aliphatic heterocycles. The summed E-state index contributed by atoms with van der Waals surface area (Å²) in [5, 5.41) is 0. The van der Waals surface area contributed by atoms with Gasteiger partial charge in [-0.05, 0) is 6.07 Å². The molecule has 0 N–H and O–H groups in total. The fourth-order valence-electron chi connectivity index (χ4n) is 0.519. The zero-order valence-corrected chi connectivity index (χ0v) is 6.62. The summed E-state index contributed by atoms with van der Waals surface area (Å²) in [5.41, 5.74) is 0.444. The van der Waals surface area contributed by atoms with Crippen molar-refractivity contribution in [3.63, 3.8) is 0 Å². The molecule has 1 nitrogen and oxygen atoms in total. The summed E-state index contributed by atoms with van der Waals surface area (Å²) >= 11 is 5.35. The highest BCUT2D eigenvalue weighted by atomic mass is 35.5. The minimum atomic E-state index is -0.479. The summed E-state index contributed by atoms with van der Waals surface area (Å²) in [6, 6.07) is 3.26. The Bertz CT molecular complexity index is 205. The van der Waals surface area contributed by atoms with E-state index in [-0.39, 0.29) is 18.3 Å². The van der Waals surface area contributed by atoms with Crippen molar-refractivity contribution in [3.8, 4) is 0 Å². The number of nitrogens with zero attached hydrogens (tertiary/aromatic N) is 1. The Labute approximate surface area is 69.6 Å². The van der Waals surface area contributed by atoms with Gasteiger partial charge in [0.05, 0.1) is 5.88 Å². The van der Waals surface area contributed by atoms with Crippen molar-refractivity contribution in [3.05, 3.63) is 29.8 Å². The zero-order chi connectivity index (χ0) is 6.69. The van der Waals surface area contributed by atoms with Gasteiger partial charge in [-0.15, -0.1) is 24.0 Å². The summed E-state index contributed by atoms with van der Waals surface area (Å²) in [5.74, 6) is -0.299. The molecule has 4 heteroatoms. The predicted octanol–water partition coefficient (Wildman–Crippen LogP) is 2.38. The molecule has 1 aromatic rings. The van der Waals surface area contributed by atoms with Crippen molar-refractivity contribution in [2.45, 2.75) is 5.88 Å². The number of alkyl halides is 1. The van der Waals surface area contributed by atoms with Crippen LogP contribution in [-0.4, -0.2) is 4.98 Å². The van der Waals surface area contributed by atoms with Gasteiger partial charge in [-0.2, -0.15) is 4.39 Å². The van der Waals surface area contributed by atoms with E-state index in [1.807, 2.05) is 0 Å². The maximum Gasteiger partial charge on any atom is 0.217 e. The monoisotopic (exact) mass is 181 g/mol. The first-order valence-electron chi connectivity index (χ1n) is 2.50. The normalized spacial score (nSPS) is 8.60. The summed E-state index contributed by atoms with van der Waals surface area (Å²) in [7, 11) is 0. The molecule has 0 fully saturated rings. The lowest BCUT2D eigenvalue weighted by atomic mass is 10.3. The van der Waals surface area contributed by atoms with Crippen molar-refractivity contribution in [1.82, 2.24) is 4.98 Å². The predicted molar refractivity (Wildman–Crippen MR) is 41.0 cm³/mol. The quantitative estimate of drug-likeness (QED) is 0.479. The fraction of sp³-hybridized carbons (Fsp3) is 0.167. The summed E-state index contributed by atoms with van der Waals surface area (Å²) in [4.78, 5) is 3.40. The van der Waals surface area contributed by atoms with Gasteiger partial charge in [-0.25, -0.2) is 4.98 Å². The lowest BCUT2D eigenvalue weighted by molar-refractivity contribution is 0.573. The highest BCUT2D eigenvalue weighted by molar-refractivity contribution is 6.17. The third-order valence-electron chi connectivity index (χ3n) is 0.980. The van der Waals surface area contributed by atoms with Crippen molar-refractivity contribution in [2.75, 3.05) is 0 Å². The second-order valence-electron chi connectivity index (χ2n) is 1.59. The minimum absolute atomic E-state index is 0. The summed E-state index contributed by atoms with van der Waals surface area (Å²) < 4.78 is 12.4. The van der Waals surface area contributed by atoms with Gasteiger partial charge < -0.3 is 0 Å². The lowest BCUT2D eigenvalue weighted by Gasteiger charge is -1.92. The van der Waals surface area contributed by atoms with Crippen molar-refractivity contribution >= 4 is 24.0 Å². The topological polar surface area (TPSA) is 12.9 Å². The molecule has 0 unspecified atom stereocenters. The zero-order valence-electron chi connectivity index (χ0n) is 5.05. The molecule has 0 saturated carbocycles. The Morgan fingerprint density at radius 2 is 2.30 bits per heavy atom. The molecular formula is C6H6Cl2FN. The van der Waals surface area contributed by atoms with E-state index in [0.717, 1.165) is 0 Å². The molecule has 0 amide bonds. The van der Waals surface area contributed by atoms with Crippen LogP contribution in [-0.2, 0) is 5.88 Å². The van der Waals surface area contributed by atoms with E-state index in [4.69, 9.17) is 11.6 Å². The van der Waals surface area contributed by atoms with E-state index in [1.165, 1.54) is 6.20 Å². The SMILES string of the molecule is Cl.Fc1ncccc1CCl. The number of aromatic nitrogens is 1. The van der Waals surface area contributed by atoms with Crippen LogP contribution in [0.5, 0.6) is 0 Å². The van der Waals surface area contributed by atoms with Gasteiger partial charge in [0.1, 0.15) is 0 Å². The maximum absolute atomic E-state index is 12.4. The molecule has 0 aliphatic rings. The van der Waals surface area contributed by atoms with Gasteiger partial charge in [-0.1, -0.05) is 6.07 Å². The van der Waals surface area contributed by atoms with Crippen LogP contribution in [0.25, 0.3) is 0 Å². The standard InChI is InChI=1S/C6H5ClFN.ClH/c7-4-5-2-1-3-9-6(5)8;/h1-3H,4H2;1H. The van der Waals surface area contributed by atoms with Crippen LogP contribution < -0.4 is 0 Å². The number of hydrogen-bond donors (Lipinski definition) is 0. The molecule has 0 saturated heterocycles. The van der Waals surface area contributed by atoms with Gasteiger partial charge >= 0.3 is 0 Å². The molecule has 0 spiro atoms. The smallest absolute Gasteiger partial charge is 0.217 e. The molecule has 1 heterocycles. The van der Waals surface area contributed by atoms with Crippen LogP contribution in [0.2, 0.25) is 0 Å². The van der Waals surface area contributed by atoms with Gasteiger partial charge in [0, 0.05) is 11.8 Å². The first-order chi connectivity index (χ1) is 4.34. The van der Waals surface area contributed by atoms with Crippen molar-refractivity contribution in [1.29, 1.82) is 0 Å². The van der Waals surface area contributed by atoms with Crippen LogP contribution in [0.3, 0.4) is 0 Å². The molecule has 10 heavy (non-hydrogen) atoms. The Kier molecular flexibility index (Phi) is 4.32. The van der Waals surface area contributed by atoms with Crippen LogP contribution in [0.1, 0.15) is 5.56 Å². The lowest BCUT2D eigenvalue weighted by Crippen LogP contribution is -1.87. The first kappa shape index (κ1) is 9.66. The summed E-state index contributed by atoms with van der Waals surface area (Å²) in [6.45, 7) is 0. The second-order valence-corrected chi connectivity index (χ2v) is 1.85. The van der Waals surface area contributed by atoms with Crippen LogP contribution in [0, 0.1) is 5.95 Å². The Morgan fingerprint density at radius 1 is 1.60 bits per heavy atom. The molecule has 0 bridgehead atoms.